The van der Waals surface area contributed by atoms with Crippen molar-refractivity contribution in [2.24, 2.45) is 0 Å². The number of nitrogens with zero attached hydrogens (tertiary/aromatic N) is 4. The molecule has 0 radical (unpaired) electrons. The van der Waals surface area contributed by atoms with E-state index < -0.39 is 0 Å². The van der Waals surface area contributed by atoms with Crippen molar-refractivity contribution in [3.8, 4) is 6.07 Å². The number of aryl methyl sites for hydroxylation is 2. The number of aromatic nitrogens is 3. The molecule has 0 aliphatic carbocycles. The topological polar surface area (TPSA) is 85.7 Å². The summed E-state index contributed by atoms with van der Waals surface area (Å²) in [4.78, 5) is 25.5. The van der Waals surface area contributed by atoms with E-state index in [2.05, 4.69) is 21.0 Å². The van der Waals surface area contributed by atoms with Crippen molar-refractivity contribution in [3.63, 3.8) is 0 Å². The van der Waals surface area contributed by atoms with Gasteiger partial charge in [-0.05, 0) is 31.4 Å². The molecule has 6 nitrogen and oxygen atoms in total. The fourth-order valence-corrected chi connectivity index (χ4v) is 3.28. The molecule has 3 heterocycles. The summed E-state index contributed by atoms with van der Waals surface area (Å²) in [7, 11) is 1.87. The van der Waals surface area contributed by atoms with Crippen LogP contribution in [-0.2, 0) is 6.54 Å². The molecule has 0 fully saturated rings. The van der Waals surface area contributed by atoms with Gasteiger partial charge in [-0.25, -0.2) is 4.98 Å². The number of anilines is 1. The van der Waals surface area contributed by atoms with Crippen molar-refractivity contribution < 1.29 is 0 Å². The van der Waals surface area contributed by atoms with E-state index in [4.69, 9.17) is 0 Å². The summed E-state index contributed by atoms with van der Waals surface area (Å²) in [5, 5.41) is 11.2. The molecule has 0 saturated heterocycles. The van der Waals surface area contributed by atoms with E-state index >= 15 is 0 Å². The molecule has 3 rings (SSSR count). The number of pyridine rings is 1. The van der Waals surface area contributed by atoms with Gasteiger partial charge in [0.1, 0.15) is 16.6 Å². The van der Waals surface area contributed by atoms with E-state index in [1.165, 1.54) is 11.3 Å². The van der Waals surface area contributed by atoms with Gasteiger partial charge in [-0.1, -0.05) is 0 Å². The van der Waals surface area contributed by atoms with Crippen LogP contribution in [0.2, 0.25) is 0 Å². The van der Waals surface area contributed by atoms with Crippen LogP contribution < -0.4 is 10.5 Å². The maximum Gasteiger partial charge on any atom is 0.268 e. The number of nitriles is 1. The van der Waals surface area contributed by atoms with Crippen LogP contribution in [0.25, 0.3) is 10.2 Å². The predicted octanol–water partition coefficient (Wildman–Crippen LogP) is 2.50. The number of hydrogen-bond donors (Lipinski definition) is 1. The number of nitrogens with one attached hydrogen (secondary N) is 1. The third kappa shape index (κ3) is 2.81. The lowest BCUT2D eigenvalue weighted by Crippen LogP contribution is -2.22. The second-order valence-corrected chi connectivity index (χ2v) is 6.27. The first-order chi connectivity index (χ1) is 11.0. The molecular weight excluding hydrogens is 310 g/mol. The highest BCUT2D eigenvalue weighted by atomic mass is 32.1. The zero-order valence-corrected chi connectivity index (χ0v) is 13.9. The average molecular weight is 325 g/mol. The normalized spacial score (nSPS) is 10.7. The lowest BCUT2D eigenvalue weighted by Gasteiger charge is -2.21. The lowest BCUT2D eigenvalue weighted by molar-refractivity contribution is 0.836. The average Bonchev–Trinajstić information content (AvgIpc) is 2.95. The smallest absolute Gasteiger partial charge is 0.268 e. The number of fused-ring (bicyclic) bond motifs is 1. The number of thiophene rings is 1. The summed E-state index contributed by atoms with van der Waals surface area (Å²) in [5.74, 6) is 0.569. The van der Waals surface area contributed by atoms with Crippen molar-refractivity contribution in [1.29, 1.82) is 5.26 Å². The molecule has 0 aliphatic heterocycles. The Kier molecular flexibility index (Phi) is 3.84. The van der Waals surface area contributed by atoms with E-state index in [-0.39, 0.29) is 5.56 Å². The first kappa shape index (κ1) is 15.2. The number of hydrogen-bond acceptors (Lipinski definition) is 6. The van der Waals surface area contributed by atoms with Gasteiger partial charge in [0.15, 0.2) is 0 Å². The summed E-state index contributed by atoms with van der Waals surface area (Å²) in [5.41, 5.74) is 3.44. The lowest BCUT2D eigenvalue weighted by atomic mass is 10.1. The Morgan fingerprint density at radius 2 is 2.17 bits per heavy atom. The van der Waals surface area contributed by atoms with E-state index in [1.807, 2.05) is 43.3 Å². The summed E-state index contributed by atoms with van der Waals surface area (Å²) < 4.78 is 0.629. The minimum absolute atomic E-state index is 0.129. The standard InChI is InChI=1S/C16H15N5OS/c1-9-6-13(11(7-17)10(2)18-9)21(3)8-14-19-12-4-5-23-15(12)16(22)20-14/h4-6H,8H2,1-3H3,(H,19,20,22). The number of aromatic amines is 1. The second kappa shape index (κ2) is 5.82. The molecule has 7 heteroatoms. The van der Waals surface area contributed by atoms with Crippen LogP contribution >= 0.6 is 11.3 Å². The molecule has 0 saturated carbocycles. The van der Waals surface area contributed by atoms with E-state index in [0.717, 1.165) is 11.4 Å². The molecule has 1 N–H and O–H groups in total. The molecule has 116 valence electrons. The van der Waals surface area contributed by atoms with Crippen molar-refractivity contribution >= 4 is 27.2 Å². The van der Waals surface area contributed by atoms with Gasteiger partial charge in [0.05, 0.1) is 29.0 Å². The molecule has 0 spiro atoms. The second-order valence-electron chi connectivity index (χ2n) is 5.36. The van der Waals surface area contributed by atoms with Crippen LogP contribution in [0.5, 0.6) is 0 Å². The Balaban J connectivity index is 1.99. The molecule has 23 heavy (non-hydrogen) atoms. The minimum Gasteiger partial charge on any atom is -0.366 e. The Morgan fingerprint density at radius 1 is 1.39 bits per heavy atom. The Hall–Kier alpha value is -2.72. The highest BCUT2D eigenvalue weighted by molar-refractivity contribution is 7.17. The molecular formula is C16H15N5OS. The van der Waals surface area contributed by atoms with Crippen LogP contribution in [0.4, 0.5) is 5.69 Å². The van der Waals surface area contributed by atoms with E-state index in [0.29, 0.717) is 33.8 Å². The largest absolute Gasteiger partial charge is 0.366 e. The van der Waals surface area contributed by atoms with Gasteiger partial charge in [0.25, 0.3) is 5.56 Å². The van der Waals surface area contributed by atoms with Crippen molar-refractivity contribution in [3.05, 3.63) is 50.6 Å². The molecule has 0 amide bonds. The van der Waals surface area contributed by atoms with Crippen LogP contribution in [0, 0.1) is 25.2 Å². The Labute approximate surface area is 137 Å². The fraction of sp³-hybridized carbons (Fsp3) is 0.250. The summed E-state index contributed by atoms with van der Waals surface area (Å²) in [6.07, 6.45) is 0. The molecule has 0 unspecified atom stereocenters. The third-order valence-corrected chi connectivity index (χ3v) is 4.48. The van der Waals surface area contributed by atoms with Gasteiger partial charge < -0.3 is 9.88 Å². The monoisotopic (exact) mass is 325 g/mol. The third-order valence-electron chi connectivity index (χ3n) is 3.58. The number of H-pyrrole nitrogens is 1. The molecule has 3 aromatic heterocycles. The summed E-state index contributed by atoms with van der Waals surface area (Å²) in [6.45, 7) is 4.11. The maximum atomic E-state index is 12.0. The van der Waals surface area contributed by atoms with Gasteiger partial charge in [0.2, 0.25) is 0 Å². The van der Waals surface area contributed by atoms with Crippen LogP contribution in [0.15, 0.2) is 22.3 Å². The Morgan fingerprint density at radius 3 is 2.91 bits per heavy atom. The number of rotatable bonds is 3. The molecule has 0 atom stereocenters. The van der Waals surface area contributed by atoms with Crippen LogP contribution in [0.3, 0.4) is 0 Å². The van der Waals surface area contributed by atoms with Crippen molar-refractivity contribution in [1.82, 2.24) is 15.0 Å². The van der Waals surface area contributed by atoms with Crippen molar-refractivity contribution in [2.45, 2.75) is 20.4 Å². The van der Waals surface area contributed by atoms with E-state index in [1.54, 1.807) is 0 Å². The maximum absolute atomic E-state index is 12.0. The van der Waals surface area contributed by atoms with Gasteiger partial charge >= 0.3 is 0 Å². The zero-order chi connectivity index (χ0) is 16.6. The zero-order valence-electron chi connectivity index (χ0n) is 13.0. The fourth-order valence-electron chi connectivity index (χ4n) is 2.55. The quantitative estimate of drug-likeness (QED) is 0.799. The first-order valence-corrected chi connectivity index (χ1v) is 7.93. The predicted molar refractivity (Wildman–Crippen MR) is 90.8 cm³/mol. The highest BCUT2D eigenvalue weighted by Crippen LogP contribution is 2.23. The first-order valence-electron chi connectivity index (χ1n) is 7.05. The molecule has 3 aromatic rings. The minimum atomic E-state index is -0.129. The molecule has 0 aliphatic rings. The SMILES string of the molecule is Cc1cc(N(C)Cc2nc3ccsc3c(=O)[nH]2)c(C#N)c(C)n1. The van der Waals surface area contributed by atoms with Gasteiger partial charge in [-0.15, -0.1) is 11.3 Å². The summed E-state index contributed by atoms with van der Waals surface area (Å²) >= 11 is 1.38. The van der Waals surface area contributed by atoms with Crippen LogP contribution in [0.1, 0.15) is 22.8 Å². The molecule has 0 bridgehead atoms. The van der Waals surface area contributed by atoms with Crippen molar-refractivity contribution in [2.75, 3.05) is 11.9 Å². The van der Waals surface area contributed by atoms with Gasteiger partial charge in [0, 0.05) is 12.7 Å². The Bertz CT molecular complexity index is 982. The highest BCUT2D eigenvalue weighted by Gasteiger charge is 2.14. The molecule has 0 aromatic carbocycles. The van der Waals surface area contributed by atoms with E-state index in [9.17, 15) is 10.1 Å². The van der Waals surface area contributed by atoms with Gasteiger partial charge in [-0.3, -0.25) is 9.78 Å². The summed E-state index contributed by atoms with van der Waals surface area (Å²) in [6, 6.07) is 5.90. The van der Waals surface area contributed by atoms with Crippen LogP contribution in [-0.4, -0.2) is 22.0 Å². The van der Waals surface area contributed by atoms with Gasteiger partial charge in [-0.2, -0.15) is 5.26 Å².